The molecule has 2 N–H and O–H groups in total. The first-order valence-electron chi connectivity index (χ1n) is 8.07. The highest BCUT2D eigenvalue weighted by molar-refractivity contribution is 9.10. The second-order valence-electron chi connectivity index (χ2n) is 6.03. The van der Waals surface area contributed by atoms with Crippen LogP contribution in [0.1, 0.15) is 17.7 Å². The highest BCUT2D eigenvalue weighted by Crippen LogP contribution is 2.29. The van der Waals surface area contributed by atoms with E-state index in [4.69, 9.17) is 0 Å². The van der Waals surface area contributed by atoms with Crippen LogP contribution in [-0.4, -0.2) is 42.1 Å². The van der Waals surface area contributed by atoms with Crippen LogP contribution in [0.15, 0.2) is 34.8 Å². The third-order valence-electron chi connectivity index (χ3n) is 3.44. The molecule has 0 saturated heterocycles. The summed E-state index contributed by atoms with van der Waals surface area (Å²) in [5, 5.41) is 5.79. The molecular formula is C17H21BrF3N5. The van der Waals surface area contributed by atoms with Gasteiger partial charge in [-0.1, -0.05) is 28.1 Å². The van der Waals surface area contributed by atoms with Gasteiger partial charge in [0.05, 0.1) is 0 Å². The molecule has 0 aliphatic heterocycles. The standard InChI is InChI=1S/C17H21BrF3N5/c1-26(2)8-4-7-22-16-24-14(17(19,20)21)10-15(25-16)23-11-12-5-3-6-13(18)9-12/h3,5-6,9-10H,4,7-8,11H2,1-2H3,(H2,22,23,24,25). The van der Waals surface area contributed by atoms with Crippen LogP contribution in [0.3, 0.4) is 0 Å². The van der Waals surface area contributed by atoms with Crippen molar-refractivity contribution < 1.29 is 13.2 Å². The van der Waals surface area contributed by atoms with Gasteiger partial charge in [0, 0.05) is 23.6 Å². The largest absolute Gasteiger partial charge is 0.433 e. The predicted octanol–water partition coefficient (Wildman–Crippen LogP) is 4.23. The van der Waals surface area contributed by atoms with Crippen molar-refractivity contribution >= 4 is 27.7 Å². The Morgan fingerprint density at radius 3 is 2.54 bits per heavy atom. The first kappa shape index (κ1) is 20.4. The van der Waals surface area contributed by atoms with Crippen LogP contribution in [0.4, 0.5) is 24.9 Å². The predicted molar refractivity (Wildman–Crippen MR) is 100 cm³/mol. The molecule has 0 atom stereocenters. The van der Waals surface area contributed by atoms with E-state index in [-0.39, 0.29) is 11.8 Å². The van der Waals surface area contributed by atoms with E-state index >= 15 is 0 Å². The minimum absolute atomic E-state index is 0.0321. The third kappa shape index (κ3) is 6.80. The molecule has 0 amide bonds. The van der Waals surface area contributed by atoms with Gasteiger partial charge in [0.1, 0.15) is 5.82 Å². The summed E-state index contributed by atoms with van der Waals surface area (Å²) in [6.07, 6.45) is -3.76. The van der Waals surface area contributed by atoms with Crippen LogP contribution in [0.2, 0.25) is 0 Å². The molecule has 0 bridgehead atoms. The Hall–Kier alpha value is -1.87. The molecule has 0 unspecified atom stereocenters. The summed E-state index contributed by atoms with van der Waals surface area (Å²) in [5.41, 5.74) is -0.0496. The van der Waals surface area contributed by atoms with Crippen molar-refractivity contribution in [3.05, 3.63) is 46.1 Å². The normalized spacial score (nSPS) is 11.7. The number of hydrogen-bond donors (Lipinski definition) is 2. The molecule has 2 aromatic rings. The third-order valence-corrected chi connectivity index (χ3v) is 3.94. The Labute approximate surface area is 159 Å². The van der Waals surface area contributed by atoms with Crippen molar-refractivity contribution in [3.8, 4) is 0 Å². The van der Waals surface area contributed by atoms with E-state index < -0.39 is 11.9 Å². The minimum atomic E-state index is -4.53. The Morgan fingerprint density at radius 2 is 1.88 bits per heavy atom. The lowest BCUT2D eigenvalue weighted by atomic mass is 10.2. The van der Waals surface area contributed by atoms with Crippen molar-refractivity contribution in [2.45, 2.75) is 19.1 Å². The maximum Gasteiger partial charge on any atom is 0.433 e. The lowest BCUT2D eigenvalue weighted by molar-refractivity contribution is -0.141. The van der Waals surface area contributed by atoms with E-state index in [0.717, 1.165) is 29.1 Å². The molecular weight excluding hydrogens is 411 g/mol. The van der Waals surface area contributed by atoms with Gasteiger partial charge < -0.3 is 15.5 Å². The van der Waals surface area contributed by atoms with Crippen LogP contribution >= 0.6 is 15.9 Å². The van der Waals surface area contributed by atoms with Gasteiger partial charge in [0.2, 0.25) is 5.95 Å². The molecule has 0 aliphatic carbocycles. The fourth-order valence-electron chi connectivity index (χ4n) is 2.20. The van der Waals surface area contributed by atoms with Crippen LogP contribution in [0, 0.1) is 0 Å². The van der Waals surface area contributed by atoms with Crippen LogP contribution in [-0.2, 0) is 12.7 Å². The molecule has 26 heavy (non-hydrogen) atoms. The Morgan fingerprint density at radius 1 is 1.12 bits per heavy atom. The maximum absolute atomic E-state index is 13.1. The van der Waals surface area contributed by atoms with Gasteiger partial charge >= 0.3 is 6.18 Å². The second-order valence-corrected chi connectivity index (χ2v) is 6.94. The summed E-state index contributed by atoms with van der Waals surface area (Å²) in [4.78, 5) is 9.72. The fraction of sp³-hybridized carbons (Fsp3) is 0.412. The average Bonchev–Trinajstić information content (AvgIpc) is 2.56. The molecule has 0 aliphatic rings. The lowest BCUT2D eigenvalue weighted by Gasteiger charge is -2.14. The molecule has 0 saturated carbocycles. The Kier molecular flexibility index (Phi) is 7.22. The molecule has 0 fully saturated rings. The first-order chi connectivity index (χ1) is 12.2. The number of halogens is 4. The molecule has 142 valence electrons. The Bertz CT molecular complexity index is 722. The Balaban J connectivity index is 2.09. The number of nitrogens with one attached hydrogen (secondary N) is 2. The molecule has 0 spiro atoms. The van der Waals surface area contributed by atoms with Crippen molar-refractivity contribution in [3.63, 3.8) is 0 Å². The first-order valence-corrected chi connectivity index (χ1v) is 8.86. The topological polar surface area (TPSA) is 53.1 Å². The van der Waals surface area contributed by atoms with E-state index in [1.54, 1.807) is 0 Å². The van der Waals surface area contributed by atoms with Gasteiger partial charge in [-0.05, 0) is 44.8 Å². The summed E-state index contributed by atoms with van der Waals surface area (Å²) < 4.78 is 40.2. The van der Waals surface area contributed by atoms with E-state index in [9.17, 15) is 13.2 Å². The molecule has 5 nitrogen and oxygen atoms in total. The summed E-state index contributed by atoms with van der Waals surface area (Å²) in [7, 11) is 3.87. The van der Waals surface area contributed by atoms with Gasteiger partial charge in [-0.3, -0.25) is 0 Å². The zero-order valence-corrected chi connectivity index (χ0v) is 16.2. The minimum Gasteiger partial charge on any atom is -0.366 e. The number of hydrogen-bond acceptors (Lipinski definition) is 5. The van der Waals surface area contributed by atoms with E-state index in [1.165, 1.54) is 0 Å². The number of alkyl halides is 3. The van der Waals surface area contributed by atoms with Crippen molar-refractivity contribution in [1.82, 2.24) is 14.9 Å². The number of aromatic nitrogens is 2. The van der Waals surface area contributed by atoms with E-state index in [0.29, 0.717) is 13.1 Å². The molecule has 1 heterocycles. The van der Waals surface area contributed by atoms with E-state index in [2.05, 4.69) is 36.5 Å². The van der Waals surface area contributed by atoms with Gasteiger partial charge in [-0.15, -0.1) is 0 Å². The molecule has 0 radical (unpaired) electrons. The van der Waals surface area contributed by atoms with Crippen molar-refractivity contribution in [2.75, 3.05) is 37.8 Å². The van der Waals surface area contributed by atoms with Crippen molar-refractivity contribution in [1.29, 1.82) is 0 Å². The van der Waals surface area contributed by atoms with Gasteiger partial charge in [0.15, 0.2) is 5.69 Å². The van der Waals surface area contributed by atoms with Crippen molar-refractivity contribution in [2.24, 2.45) is 0 Å². The van der Waals surface area contributed by atoms with Crippen LogP contribution < -0.4 is 10.6 Å². The SMILES string of the molecule is CN(C)CCCNc1nc(NCc2cccc(Br)c2)cc(C(F)(F)F)n1. The maximum atomic E-state index is 13.1. The van der Waals surface area contributed by atoms with Gasteiger partial charge in [0.25, 0.3) is 0 Å². The lowest BCUT2D eigenvalue weighted by Crippen LogP contribution is -2.18. The average molecular weight is 432 g/mol. The highest BCUT2D eigenvalue weighted by Gasteiger charge is 2.33. The zero-order valence-electron chi connectivity index (χ0n) is 14.6. The smallest absolute Gasteiger partial charge is 0.366 e. The van der Waals surface area contributed by atoms with Gasteiger partial charge in [-0.2, -0.15) is 18.2 Å². The summed E-state index contributed by atoms with van der Waals surface area (Å²) in [6, 6.07) is 8.43. The summed E-state index contributed by atoms with van der Waals surface area (Å²) >= 11 is 3.37. The molecule has 2 rings (SSSR count). The quantitative estimate of drug-likeness (QED) is 0.612. The zero-order chi connectivity index (χ0) is 19.2. The number of anilines is 2. The van der Waals surface area contributed by atoms with Crippen LogP contribution in [0.5, 0.6) is 0 Å². The molecule has 1 aromatic carbocycles. The summed E-state index contributed by atoms with van der Waals surface area (Å²) in [6.45, 7) is 1.67. The number of benzene rings is 1. The summed E-state index contributed by atoms with van der Waals surface area (Å²) in [5.74, 6) is 0.0951. The second kappa shape index (κ2) is 9.18. The van der Waals surface area contributed by atoms with Gasteiger partial charge in [-0.25, -0.2) is 4.98 Å². The van der Waals surface area contributed by atoms with Crippen LogP contribution in [0.25, 0.3) is 0 Å². The molecule has 1 aromatic heterocycles. The highest BCUT2D eigenvalue weighted by atomic mass is 79.9. The number of nitrogens with zero attached hydrogens (tertiary/aromatic N) is 3. The molecule has 9 heteroatoms. The number of rotatable bonds is 8. The monoisotopic (exact) mass is 431 g/mol. The fourth-order valence-corrected chi connectivity index (χ4v) is 2.64. The van der Waals surface area contributed by atoms with E-state index in [1.807, 2.05) is 43.3 Å².